The van der Waals surface area contributed by atoms with E-state index < -0.39 is 0 Å². The molecule has 0 aliphatic carbocycles. The molecule has 2 aromatic rings. The number of benzene rings is 1. The maximum Gasteiger partial charge on any atom is 0.0593 e. The van der Waals surface area contributed by atoms with E-state index in [1.807, 2.05) is 12.4 Å². The molecule has 2 atom stereocenters. The topological polar surface area (TPSA) is 60.2 Å². The van der Waals surface area contributed by atoms with E-state index in [1.54, 1.807) is 0 Å². The molecule has 2 unspecified atom stereocenters. The first-order chi connectivity index (χ1) is 9.88. The van der Waals surface area contributed by atoms with Crippen LogP contribution in [0.1, 0.15) is 37.3 Å². The van der Waals surface area contributed by atoms with E-state index in [4.69, 9.17) is 10.6 Å². The first-order valence-corrected chi connectivity index (χ1v) is 7.29. The molecule has 1 aliphatic heterocycles. The molecule has 0 spiro atoms. The Balaban J connectivity index is 1.86. The highest BCUT2D eigenvalue weighted by Crippen LogP contribution is 2.29. The molecule has 0 amide bonds. The number of aromatic nitrogens is 1. The Morgan fingerprint density at radius 1 is 1.35 bits per heavy atom. The third-order valence-electron chi connectivity index (χ3n) is 4.06. The molecule has 1 saturated heterocycles. The Morgan fingerprint density at radius 2 is 2.30 bits per heavy atom. The molecular formula is C16H21N3O. The molecule has 1 aromatic carbocycles. The highest BCUT2D eigenvalue weighted by atomic mass is 16.5. The van der Waals surface area contributed by atoms with Gasteiger partial charge in [-0.05, 0) is 42.7 Å². The van der Waals surface area contributed by atoms with Crippen molar-refractivity contribution in [1.82, 2.24) is 10.4 Å². The molecule has 3 rings (SSSR count). The van der Waals surface area contributed by atoms with Crippen molar-refractivity contribution in [2.45, 2.75) is 37.8 Å². The summed E-state index contributed by atoms with van der Waals surface area (Å²) in [6.45, 7) is 0.876. The molecule has 2 heterocycles. The number of hydrogen-bond donors (Lipinski definition) is 2. The number of hydrogen-bond acceptors (Lipinski definition) is 4. The van der Waals surface area contributed by atoms with Gasteiger partial charge in [-0.2, -0.15) is 0 Å². The second kappa shape index (κ2) is 6.31. The fraction of sp³-hybridized carbons (Fsp3) is 0.438. The highest BCUT2D eigenvalue weighted by molar-refractivity contribution is 5.85. The summed E-state index contributed by atoms with van der Waals surface area (Å²) in [4.78, 5) is 4.18. The van der Waals surface area contributed by atoms with Crippen molar-refractivity contribution in [3.05, 3.63) is 42.2 Å². The van der Waals surface area contributed by atoms with Crippen LogP contribution in [0.15, 0.2) is 36.7 Å². The van der Waals surface area contributed by atoms with Crippen molar-refractivity contribution < 1.29 is 4.74 Å². The largest absolute Gasteiger partial charge is 0.378 e. The lowest BCUT2D eigenvalue weighted by atomic mass is 9.94. The fourth-order valence-electron chi connectivity index (χ4n) is 2.99. The van der Waals surface area contributed by atoms with Crippen LogP contribution >= 0.6 is 0 Å². The van der Waals surface area contributed by atoms with Crippen LogP contribution in [0, 0.1) is 0 Å². The normalized spacial score (nSPS) is 20.9. The van der Waals surface area contributed by atoms with Crippen molar-refractivity contribution in [2.24, 2.45) is 5.84 Å². The number of hydrazine groups is 1. The predicted molar refractivity (Wildman–Crippen MR) is 80.0 cm³/mol. The van der Waals surface area contributed by atoms with E-state index in [2.05, 4.69) is 34.7 Å². The van der Waals surface area contributed by atoms with Gasteiger partial charge in [-0.15, -0.1) is 0 Å². The van der Waals surface area contributed by atoms with E-state index in [9.17, 15) is 0 Å². The molecule has 1 aromatic heterocycles. The first kappa shape index (κ1) is 13.5. The average Bonchev–Trinajstić information content (AvgIpc) is 2.53. The number of rotatable bonds is 4. The lowest BCUT2D eigenvalue weighted by molar-refractivity contribution is 0.00511. The van der Waals surface area contributed by atoms with Crippen LogP contribution in [-0.2, 0) is 4.74 Å². The molecule has 1 fully saturated rings. The van der Waals surface area contributed by atoms with Crippen molar-refractivity contribution in [1.29, 1.82) is 0 Å². The number of ether oxygens (including phenoxy) is 1. The van der Waals surface area contributed by atoms with E-state index in [0.29, 0.717) is 6.10 Å². The first-order valence-electron chi connectivity index (χ1n) is 7.29. The lowest BCUT2D eigenvalue weighted by Gasteiger charge is -2.27. The highest BCUT2D eigenvalue weighted by Gasteiger charge is 2.21. The van der Waals surface area contributed by atoms with Gasteiger partial charge in [0.2, 0.25) is 0 Å². The monoisotopic (exact) mass is 271 g/mol. The van der Waals surface area contributed by atoms with Gasteiger partial charge < -0.3 is 4.74 Å². The van der Waals surface area contributed by atoms with Crippen LogP contribution in [0.4, 0.5) is 0 Å². The number of fused-ring (bicyclic) bond motifs is 1. The molecule has 4 nitrogen and oxygen atoms in total. The van der Waals surface area contributed by atoms with Gasteiger partial charge in [-0.25, -0.2) is 0 Å². The molecule has 0 bridgehead atoms. The molecule has 1 aliphatic rings. The van der Waals surface area contributed by atoms with Crippen LogP contribution in [0.3, 0.4) is 0 Å². The van der Waals surface area contributed by atoms with Crippen molar-refractivity contribution in [3.8, 4) is 0 Å². The van der Waals surface area contributed by atoms with E-state index >= 15 is 0 Å². The molecule has 20 heavy (non-hydrogen) atoms. The van der Waals surface area contributed by atoms with Crippen molar-refractivity contribution >= 4 is 10.8 Å². The SMILES string of the molecule is NNC(CC1CCCCO1)c1cccc2cnccc12. The van der Waals surface area contributed by atoms with Gasteiger partial charge in [-0.1, -0.05) is 18.2 Å². The van der Waals surface area contributed by atoms with Gasteiger partial charge >= 0.3 is 0 Å². The van der Waals surface area contributed by atoms with Crippen LogP contribution < -0.4 is 11.3 Å². The van der Waals surface area contributed by atoms with Gasteiger partial charge in [0.25, 0.3) is 0 Å². The summed E-state index contributed by atoms with van der Waals surface area (Å²) >= 11 is 0. The van der Waals surface area contributed by atoms with Gasteiger partial charge in [0.05, 0.1) is 6.10 Å². The number of nitrogens with zero attached hydrogens (tertiary/aromatic N) is 1. The zero-order valence-corrected chi connectivity index (χ0v) is 11.6. The predicted octanol–water partition coefficient (Wildman–Crippen LogP) is 2.70. The van der Waals surface area contributed by atoms with Crippen molar-refractivity contribution in [2.75, 3.05) is 6.61 Å². The van der Waals surface area contributed by atoms with Crippen LogP contribution in [0.2, 0.25) is 0 Å². The summed E-state index contributed by atoms with van der Waals surface area (Å²) in [5.74, 6) is 5.79. The summed E-state index contributed by atoms with van der Waals surface area (Å²) in [6.07, 6.45) is 8.50. The third-order valence-corrected chi connectivity index (χ3v) is 4.06. The second-order valence-corrected chi connectivity index (χ2v) is 5.39. The molecule has 106 valence electrons. The number of nitrogens with one attached hydrogen (secondary N) is 1. The van der Waals surface area contributed by atoms with E-state index in [0.717, 1.165) is 24.8 Å². The summed E-state index contributed by atoms with van der Waals surface area (Å²) in [5.41, 5.74) is 4.18. The second-order valence-electron chi connectivity index (χ2n) is 5.39. The van der Waals surface area contributed by atoms with Crippen molar-refractivity contribution in [3.63, 3.8) is 0 Å². The summed E-state index contributed by atoms with van der Waals surface area (Å²) in [7, 11) is 0. The Bertz CT molecular complexity index is 561. The molecule has 3 N–H and O–H groups in total. The van der Waals surface area contributed by atoms with Gasteiger partial charge in [0.15, 0.2) is 0 Å². The van der Waals surface area contributed by atoms with Crippen LogP contribution in [-0.4, -0.2) is 17.7 Å². The van der Waals surface area contributed by atoms with Gasteiger partial charge in [0.1, 0.15) is 0 Å². The number of pyridine rings is 1. The summed E-state index contributed by atoms with van der Waals surface area (Å²) < 4.78 is 5.84. The molecule has 4 heteroatoms. The Labute approximate surface area is 119 Å². The third kappa shape index (κ3) is 2.82. The quantitative estimate of drug-likeness (QED) is 0.663. The fourth-order valence-corrected chi connectivity index (χ4v) is 2.99. The van der Waals surface area contributed by atoms with Crippen LogP contribution in [0.5, 0.6) is 0 Å². The Morgan fingerprint density at radius 3 is 3.10 bits per heavy atom. The Hall–Kier alpha value is -1.49. The maximum absolute atomic E-state index is 5.84. The maximum atomic E-state index is 5.84. The van der Waals surface area contributed by atoms with E-state index in [1.165, 1.54) is 23.8 Å². The minimum absolute atomic E-state index is 0.115. The minimum atomic E-state index is 0.115. The molecular weight excluding hydrogens is 250 g/mol. The smallest absolute Gasteiger partial charge is 0.0593 e. The summed E-state index contributed by atoms with van der Waals surface area (Å²) in [6, 6.07) is 8.44. The minimum Gasteiger partial charge on any atom is -0.378 e. The zero-order chi connectivity index (χ0) is 13.8. The molecule has 0 saturated carbocycles. The van der Waals surface area contributed by atoms with E-state index in [-0.39, 0.29) is 6.04 Å². The van der Waals surface area contributed by atoms with Gasteiger partial charge in [0, 0.05) is 30.4 Å². The molecule has 0 radical (unpaired) electrons. The zero-order valence-electron chi connectivity index (χ0n) is 11.6. The standard InChI is InChI=1S/C16H21N3O/c17-19-16(10-13-5-1-2-9-20-13)15-6-3-4-12-11-18-8-7-14(12)15/h3-4,6-8,11,13,16,19H,1-2,5,9-10,17H2. The summed E-state index contributed by atoms with van der Waals surface area (Å²) in [5, 5.41) is 2.36. The van der Waals surface area contributed by atoms with Gasteiger partial charge in [-0.3, -0.25) is 16.3 Å². The average molecular weight is 271 g/mol. The van der Waals surface area contributed by atoms with Crippen LogP contribution in [0.25, 0.3) is 10.8 Å². The number of nitrogens with two attached hydrogens (primary N) is 1. The lowest BCUT2D eigenvalue weighted by Crippen LogP contribution is -2.33. The Kier molecular flexibility index (Phi) is 4.25.